The first-order valence-electron chi connectivity index (χ1n) is 5.02. The standard InChI is InChI=1S/C12H14NO4.K/c1-3-8-17-12(9-13(14)15)10-4-6-11(16-2)7-5-10;/h3-7,9,12H,1,8H2,2H3;/q-1;+1. The molecule has 0 saturated heterocycles. The van der Waals surface area contributed by atoms with E-state index < -0.39 is 11.0 Å². The van der Waals surface area contributed by atoms with Gasteiger partial charge in [-0.25, -0.2) is 0 Å². The van der Waals surface area contributed by atoms with Gasteiger partial charge >= 0.3 is 51.4 Å². The topological polar surface area (TPSA) is 67.6 Å². The molecule has 0 aliphatic rings. The minimum atomic E-state index is -0.686. The van der Waals surface area contributed by atoms with Crippen LogP contribution in [0.3, 0.4) is 0 Å². The molecule has 0 radical (unpaired) electrons. The third-order valence-electron chi connectivity index (χ3n) is 2.10. The van der Waals surface area contributed by atoms with Gasteiger partial charge in [-0.05, 0) is 17.7 Å². The SMILES string of the molecule is C=CCOC(C=[N+]([O-])[O-])c1ccc(OC)cc1.[K+]. The predicted molar refractivity (Wildman–Crippen MR) is 64.9 cm³/mol. The van der Waals surface area contributed by atoms with Crippen LogP contribution in [0.5, 0.6) is 5.75 Å². The third kappa shape index (κ3) is 5.99. The zero-order chi connectivity index (χ0) is 12.7. The molecule has 0 saturated carbocycles. The quantitative estimate of drug-likeness (QED) is 0.220. The maximum absolute atomic E-state index is 10.5. The van der Waals surface area contributed by atoms with Crippen molar-refractivity contribution in [3.05, 3.63) is 52.9 Å². The molecular weight excluding hydrogens is 261 g/mol. The van der Waals surface area contributed by atoms with E-state index in [9.17, 15) is 10.4 Å². The number of rotatable bonds is 6. The molecule has 0 spiro atoms. The van der Waals surface area contributed by atoms with Gasteiger partial charge in [-0.3, -0.25) is 0 Å². The molecule has 0 aromatic heterocycles. The van der Waals surface area contributed by atoms with E-state index in [1.54, 1.807) is 37.5 Å². The summed E-state index contributed by atoms with van der Waals surface area (Å²) in [7, 11) is 1.56. The first kappa shape index (κ1) is 17.6. The molecule has 18 heavy (non-hydrogen) atoms. The van der Waals surface area contributed by atoms with Crippen LogP contribution in [0.4, 0.5) is 0 Å². The van der Waals surface area contributed by atoms with E-state index in [1.165, 1.54) is 0 Å². The van der Waals surface area contributed by atoms with Crippen molar-refractivity contribution in [1.29, 1.82) is 0 Å². The largest absolute Gasteiger partial charge is 1.00 e. The Hall–Kier alpha value is -0.374. The van der Waals surface area contributed by atoms with E-state index in [-0.39, 0.29) is 58.0 Å². The minimum Gasteiger partial charge on any atom is -0.612 e. The van der Waals surface area contributed by atoms with E-state index in [0.717, 1.165) is 6.21 Å². The number of nitrogens with zero attached hydrogens (tertiary/aromatic N) is 1. The number of hydrogen-bond donors (Lipinski definition) is 0. The maximum Gasteiger partial charge on any atom is 1.00 e. The molecule has 1 unspecified atom stereocenters. The fraction of sp³-hybridized carbons (Fsp3) is 0.250. The molecule has 0 aliphatic heterocycles. The molecule has 1 aromatic carbocycles. The van der Waals surface area contributed by atoms with Gasteiger partial charge in [0, 0.05) is 0 Å². The van der Waals surface area contributed by atoms with Crippen LogP contribution in [-0.2, 0) is 4.74 Å². The monoisotopic (exact) mass is 275 g/mol. The van der Waals surface area contributed by atoms with Crippen LogP contribution in [0.25, 0.3) is 0 Å². The molecule has 0 heterocycles. The van der Waals surface area contributed by atoms with Crippen LogP contribution in [0.1, 0.15) is 11.7 Å². The summed E-state index contributed by atoms with van der Waals surface area (Å²) in [5.41, 5.74) is 0.698. The van der Waals surface area contributed by atoms with E-state index in [4.69, 9.17) is 9.47 Å². The van der Waals surface area contributed by atoms with Gasteiger partial charge in [0.1, 0.15) is 5.75 Å². The van der Waals surface area contributed by atoms with Crippen molar-refractivity contribution in [2.24, 2.45) is 0 Å². The van der Waals surface area contributed by atoms with Crippen molar-refractivity contribution in [3.63, 3.8) is 0 Å². The number of benzene rings is 1. The van der Waals surface area contributed by atoms with E-state index in [2.05, 4.69) is 6.58 Å². The van der Waals surface area contributed by atoms with Crippen molar-refractivity contribution in [3.8, 4) is 5.75 Å². The average Bonchev–Trinajstić information content (AvgIpc) is 2.34. The summed E-state index contributed by atoms with van der Waals surface area (Å²) in [6, 6.07) is 6.92. The van der Waals surface area contributed by atoms with Crippen LogP contribution < -0.4 is 56.1 Å². The summed E-state index contributed by atoms with van der Waals surface area (Å²) < 4.78 is 10.3. The predicted octanol–water partition coefficient (Wildman–Crippen LogP) is -0.978. The van der Waals surface area contributed by atoms with E-state index in [1.807, 2.05) is 0 Å². The van der Waals surface area contributed by atoms with Gasteiger partial charge in [-0.2, -0.15) is 4.90 Å². The summed E-state index contributed by atoms with van der Waals surface area (Å²) in [6.45, 7) is 3.76. The van der Waals surface area contributed by atoms with Crippen molar-refractivity contribution >= 4 is 6.21 Å². The number of hydrogen-bond acceptors (Lipinski definition) is 4. The van der Waals surface area contributed by atoms with Gasteiger partial charge in [-0.1, -0.05) is 18.2 Å². The molecule has 0 amide bonds. The summed E-state index contributed by atoms with van der Waals surface area (Å²) in [6.07, 6.45) is 1.77. The van der Waals surface area contributed by atoms with Crippen molar-refractivity contribution < 1.29 is 65.8 Å². The second-order valence-corrected chi connectivity index (χ2v) is 3.25. The Morgan fingerprint density at radius 1 is 1.33 bits per heavy atom. The minimum absolute atomic E-state index is 0. The van der Waals surface area contributed by atoms with Crippen molar-refractivity contribution in [2.75, 3.05) is 13.7 Å². The van der Waals surface area contributed by atoms with Gasteiger partial charge in [0.25, 0.3) is 0 Å². The molecule has 1 rings (SSSR count). The summed E-state index contributed by atoms with van der Waals surface area (Å²) in [5, 5.41) is 21.0. The second kappa shape index (κ2) is 9.54. The number of methoxy groups -OCH3 is 1. The molecule has 92 valence electrons. The van der Waals surface area contributed by atoms with Gasteiger partial charge in [-0.15, -0.1) is 6.58 Å². The maximum atomic E-state index is 10.5. The molecule has 1 aromatic rings. The average molecular weight is 275 g/mol. The Kier molecular flexibility index (Phi) is 9.34. The Morgan fingerprint density at radius 2 is 1.94 bits per heavy atom. The normalized spacial score (nSPS) is 10.9. The van der Waals surface area contributed by atoms with E-state index in [0.29, 0.717) is 11.3 Å². The molecular formula is C12H14KNO4. The van der Waals surface area contributed by atoms with Crippen molar-refractivity contribution in [1.82, 2.24) is 0 Å². The Bertz CT molecular complexity index is 388. The van der Waals surface area contributed by atoms with Gasteiger partial charge < -0.3 is 19.9 Å². The van der Waals surface area contributed by atoms with Gasteiger partial charge in [0.05, 0.1) is 13.7 Å². The number of ether oxygens (including phenoxy) is 2. The smallest absolute Gasteiger partial charge is 0.612 e. The fourth-order valence-electron chi connectivity index (χ4n) is 1.30. The molecule has 0 N–H and O–H groups in total. The Labute approximate surface area is 149 Å². The van der Waals surface area contributed by atoms with Gasteiger partial charge in [0.15, 0.2) is 12.3 Å². The zero-order valence-electron chi connectivity index (χ0n) is 10.5. The molecule has 6 heteroatoms. The summed E-state index contributed by atoms with van der Waals surface area (Å²) >= 11 is 0. The van der Waals surface area contributed by atoms with Crippen LogP contribution in [0.2, 0.25) is 0 Å². The molecule has 0 aliphatic carbocycles. The zero-order valence-corrected chi connectivity index (χ0v) is 13.7. The fourth-order valence-corrected chi connectivity index (χ4v) is 1.30. The van der Waals surface area contributed by atoms with Crippen LogP contribution in [-0.4, -0.2) is 24.8 Å². The van der Waals surface area contributed by atoms with Gasteiger partial charge in [0.2, 0.25) is 0 Å². The van der Waals surface area contributed by atoms with Crippen LogP contribution in [0.15, 0.2) is 36.9 Å². The summed E-state index contributed by atoms with van der Waals surface area (Å²) in [4.78, 5) is -0.516. The molecule has 5 nitrogen and oxygen atoms in total. The van der Waals surface area contributed by atoms with Crippen LogP contribution in [0, 0.1) is 10.4 Å². The van der Waals surface area contributed by atoms with Crippen LogP contribution >= 0.6 is 0 Å². The summed E-state index contributed by atoms with van der Waals surface area (Å²) in [5.74, 6) is 0.692. The molecule has 0 fully saturated rings. The first-order chi connectivity index (χ1) is 8.17. The second-order valence-electron chi connectivity index (χ2n) is 3.25. The first-order valence-corrected chi connectivity index (χ1v) is 5.02. The molecule has 1 atom stereocenters. The van der Waals surface area contributed by atoms with E-state index >= 15 is 0 Å². The third-order valence-corrected chi connectivity index (χ3v) is 2.10. The Balaban J connectivity index is 0.00000289. The van der Waals surface area contributed by atoms with Crippen molar-refractivity contribution in [2.45, 2.75) is 6.10 Å². The molecule has 0 bridgehead atoms. The Morgan fingerprint density at radius 3 is 2.39 bits per heavy atom.